The summed E-state index contributed by atoms with van der Waals surface area (Å²) in [6.07, 6.45) is 1.10. The Balaban J connectivity index is 1.63. The van der Waals surface area contributed by atoms with E-state index >= 15 is 0 Å². The van der Waals surface area contributed by atoms with Crippen molar-refractivity contribution in [2.24, 2.45) is 5.92 Å². The third-order valence-electron chi connectivity index (χ3n) is 7.35. The molecular weight excluding hydrogens is 590 g/mol. The van der Waals surface area contributed by atoms with Crippen molar-refractivity contribution in [3.8, 4) is 0 Å². The molecule has 0 aromatic heterocycles. The van der Waals surface area contributed by atoms with Crippen LogP contribution >= 0.6 is 11.6 Å². The zero-order chi connectivity index (χ0) is 32.8. The van der Waals surface area contributed by atoms with E-state index in [-0.39, 0.29) is 35.6 Å². The van der Waals surface area contributed by atoms with Gasteiger partial charge in [0.05, 0.1) is 6.04 Å². The summed E-state index contributed by atoms with van der Waals surface area (Å²) in [5.41, 5.74) is 2.68. The average molecular weight is 634 g/mol. The maximum absolute atomic E-state index is 13.4. The molecule has 3 rings (SSSR count). The van der Waals surface area contributed by atoms with E-state index in [2.05, 4.69) is 26.6 Å². The first-order valence-electron chi connectivity index (χ1n) is 15.4. The zero-order valence-electron chi connectivity index (χ0n) is 26.4. The van der Waals surface area contributed by atoms with E-state index in [1.807, 2.05) is 75.4 Å². The maximum Gasteiger partial charge on any atom is 0.251 e. The molecule has 10 heteroatoms. The van der Waals surface area contributed by atoms with Crippen LogP contribution in [0.2, 0.25) is 5.02 Å². The van der Waals surface area contributed by atoms with Crippen LogP contribution in [0.1, 0.15) is 59.5 Å². The number of carbonyl (C=O) groups is 4. The van der Waals surface area contributed by atoms with Gasteiger partial charge in [0, 0.05) is 41.8 Å². The van der Waals surface area contributed by atoms with Crippen LogP contribution < -0.4 is 26.6 Å². The van der Waals surface area contributed by atoms with Crippen LogP contribution in [0.4, 0.5) is 0 Å². The molecule has 0 aliphatic heterocycles. The van der Waals surface area contributed by atoms with Crippen molar-refractivity contribution >= 4 is 35.2 Å². The molecule has 9 nitrogen and oxygen atoms in total. The number of halogens is 1. The number of carbonyl (C=O) groups excluding carboxylic acids is 4. The monoisotopic (exact) mass is 633 g/mol. The Bertz CT molecular complexity index is 1430. The maximum atomic E-state index is 13.4. The van der Waals surface area contributed by atoms with Crippen LogP contribution in [0, 0.1) is 5.92 Å². The van der Waals surface area contributed by atoms with Gasteiger partial charge in [0.15, 0.2) is 0 Å². The molecule has 0 bridgehead atoms. The van der Waals surface area contributed by atoms with Gasteiger partial charge in [-0.25, -0.2) is 0 Å². The smallest absolute Gasteiger partial charge is 0.251 e. The first-order chi connectivity index (χ1) is 21.6. The Morgan fingerprint density at radius 2 is 1.42 bits per heavy atom. The highest BCUT2D eigenvalue weighted by Crippen LogP contribution is 2.15. The minimum Gasteiger partial charge on any atom is -0.355 e. The van der Waals surface area contributed by atoms with Crippen LogP contribution in [0.5, 0.6) is 0 Å². The van der Waals surface area contributed by atoms with Gasteiger partial charge in [-0.05, 0) is 68.0 Å². The summed E-state index contributed by atoms with van der Waals surface area (Å²) >= 11 is 6.22. The molecule has 3 atom stereocenters. The molecular formula is C35H44ClN5O4. The molecule has 240 valence electrons. The SMILES string of the molecule is CCNC(=O)[C@@H](NC(=O)[C@H](C)NC[C@H](Cc1ccccc1)NC(=O)c1cccc(C(=O)NCCc2ccccc2Cl)c1)C(C)C. The van der Waals surface area contributed by atoms with Crippen molar-refractivity contribution < 1.29 is 19.2 Å². The number of likely N-dealkylation sites (N-methyl/N-ethyl adjacent to an activating group) is 1. The van der Waals surface area contributed by atoms with Gasteiger partial charge >= 0.3 is 0 Å². The van der Waals surface area contributed by atoms with Crippen LogP contribution in [0.25, 0.3) is 0 Å². The van der Waals surface area contributed by atoms with E-state index in [1.165, 1.54) is 0 Å². The van der Waals surface area contributed by atoms with Crippen molar-refractivity contribution in [2.75, 3.05) is 19.6 Å². The van der Waals surface area contributed by atoms with Gasteiger partial charge in [-0.3, -0.25) is 19.2 Å². The predicted octanol–water partition coefficient (Wildman–Crippen LogP) is 3.91. The lowest BCUT2D eigenvalue weighted by Crippen LogP contribution is -2.55. The average Bonchev–Trinajstić information content (AvgIpc) is 3.03. The third kappa shape index (κ3) is 11.3. The molecule has 3 aromatic rings. The van der Waals surface area contributed by atoms with Gasteiger partial charge in [-0.15, -0.1) is 0 Å². The number of benzene rings is 3. The highest BCUT2D eigenvalue weighted by atomic mass is 35.5. The summed E-state index contributed by atoms with van der Waals surface area (Å²) in [6, 6.07) is 22.1. The summed E-state index contributed by atoms with van der Waals surface area (Å²) in [6.45, 7) is 8.48. The summed E-state index contributed by atoms with van der Waals surface area (Å²) < 4.78 is 0. The zero-order valence-corrected chi connectivity index (χ0v) is 27.1. The fourth-order valence-corrected chi connectivity index (χ4v) is 5.00. The Labute approximate surface area is 270 Å². The lowest BCUT2D eigenvalue weighted by atomic mass is 10.0. The highest BCUT2D eigenvalue weighted by Gasteiger charge is 2.26. The van der Waals surface area contributed by atoms with E-state index < -0.39 is 12.1 Å². The molecule has 0 heterocycles. The fraction of sp³-hybridized carbons (Fsp3) is 0.371. The number of nitrogens with one attached hydrogen (secondary N) is 5. The molecule has 0 aliphatic rings. The molecule has 4 amide bonds. The predicted molar refractivity (Wildman–Crippen MR) is 178 cm³/mol. The molecule has 0 fully saturated rings. The van der Waals surface area contributed by atoms with E-state index in [9.17, 15) is 19.2 Å². The lowest BCUT2D eigenvalue weighted by Gasteiger charge is -2.25. The summed E-state index contributed by atoms with van der Waals surface area (Å²) in [5, 5.41) is 15.4. The molecule has 0 spiro atoms. The van der Waals surface area contributed by atoms with E-state index in [0.717, 1.165) is 11.1 Å². The van der Waals surface area contributed by atoms with Crippen LogP contribution in [-0.2, 0) is 22.4 Å². The van der Waals surface area contributed by atoms with Gasteiger partial charge in [-0.1, -0.05) is 80.0 Å². The first-order valence-corrected chi connectivity index (χ1v) is 15.7. The Hall–Kier alpha value is -4.21. The van der Waals surface area contributed by atoms with Crippen LogP contribution in [0.15, 0.2) is 78.9 Å². The third-order valence-corrected chi connectivity index (χ3v) is 7.72. The van der Waals surface area contributed by atoms with Gasteiger partial charge in [0.1, 0.15) is 6.04 Å². The standard InChI is InChI=1S/C35H44ClN5O4/c1-5-37-35(45)31(23(2)3)41-32(42)24(4)39-22-29(20-25-12-7-6-8-13-25)40-34(44)28-16-11-15-27(21-28)33(43)38-19-18-26-14-9-10-17-30(26)36/h6-17,21,23-24,29,31,39H,5,18-20,22H2,1-4H3,(H,37,45)(H,38,43)(H,40,44)(H,41,42)/t24-,29-,31-/m0/s1. The van der Waals surface area contributed by atoms with Gasteiger partial charge in [-0.2, -0.15) is 0 Å². The number of hydrogen-bond donors (Lipinski definition) is 5. The summed E-state index contributed by atoms with van der Waals surface area (Å²) in [7, 11) is 0. The number of amides is 4. The molecule has 0 saturated carbocycles. The Kier molecular flexibility index (Phi) is 14.1. The normalized spacial score (nSPS) is 12.9. The van der Waals surface area contributed by atoms with Gasteiger partial charge in [0.2, 0.25) is 11.8 Å². The van der Waals surface area contributed by atoms with Crippen LogP contribution in [0.3, 0.4) is 0 Å². The lowest BCUT2D eigenvalue weighted by molar-refractivity contribution is -0.130. The molecule has 3 aromatic carbocycles. The molecule has 5 N–H and O–H groups in total. The Morgan fingerprint density at radius 3 is 2.09 bits per heavy atom. The number of hydrogen-bond acceptors (Lipinski definition) is 5. The van der Waals surface area contributed by atoms with E-state index in [0.29, 0.717) is 48.6 Å². The van der Waals surface area contributed by atoms with E-state index in [1.54, 1.807) is 31.2 Å². The topological polar surface area (TPSA) is 128 Å². The molecule has 45 heavy (non-hydrogen) atoms. The summed E-state index contributed by atoms with van der Waals surface area (Å²) in [4.78, 5) is 51.6. The van der Waals surface area contributed by atoms with Crippen molar-refractivity contribution in [1.29, 1.82) is 0 Å². The minimum absolute atomic E-state index is 0.0852. The van der Waals surface area contributed by atoms with Crippen molar-refractivity contribution in [3.63, 3.8) is 0 Å². The van der Waals surface area contributed by atoms with Crippen molar-refractivity contribution in [1.82, 2.24) is 26.6 Å². The Morgan fingerprint density at radius 1 is 0.756 bits per heavy atom. The van der Waals surface area contributed by atoms with Gasteiger partial charge in [0.25, 0.3) is 11.8 Å². The highest BCUT2D eigenvalue weighted by molar-refractivity contribution is 6.31. The second kappa shape index (κ2) is 17.9. The second-order valence-corrected chi connectivity index (χ2v) is 11.7. The fourth-order valence-electron chi connectivity index (χ4n) is 4.77. The van der Waals surface area contributed by atoms with E-state index in [4.69, 9.17) is 11.6 Å². The minimum atomic E-state index is -0.651. The summed E-state index contributed by atoms with van der Waals surface area (Å²) in [5.74, 6) is -1.24. The second-order valence-electron chi connectivity index (χ2n) is 11.3. The molecule has 0 aliphatic carbocycles. The van der Waals surface area contributed by atoms with Crippen molar-refractivity contribution in [3.05, 3.63) is 106 Å². The number of rotatable bonds is 16. The molecule has 0 unspecified atom stereocenters. The quantitative estimate of drug-likeness (QED) is 0.163. The first kappa shape index (κ1) is 35.3. The largest absolute Gasteiger partial charge is 0.355 e. The van der Waals surface area contributed by atoms with Crippen LogP contribution in [-0.4, -0.2) is 61.4 Å². The van der Waals surface area contributed by atoms with Crippen molar-refractivity contribution in [2.45, 2.75) is 58.7 Å². The van der Waals surface area contributed by atoms with Gasteiger partial charge < -0.3 is 26.6 Å². The molecule has 0 saturated heterocycles. The molecule has 0 radical (unpaired) electrons.